The molecular formula is C31H33N3O5. The van der Waals surface area contributed by atoms with Crippen LogP contribution in [0.3, 0.4) is 0 Å². The first kappa shape index (κ1) is 26.6. The molecule has 8 heteroatoms. The number of amides is 1. The van der Waals surface area contributed by atoms with Gasteiger partial charge in [-0.2, -0.15) is 0 Å². The van der Waals surface area contributed by atoms with E-state index in [0.717, 1.165) is 11.1 Å². The molecule has 2 unspecified atom stereocenters. The van der Waals surface area contributed by atoms with Crippen LogP contribution in [0.2, 0.25) is 0 Å². The maximum atomic E-state index is 14.2. The molecule has 0 radical (unpaired) electrons. The number of ketones is 1. The normalized spacial score (nSPS) is 20.6. The van der Waals surface area contributed by atoms with Gasteiger partial charge in [0.2, 0.25) is 5.72 Å². The molecule has 0 aliphatic carbocycles. The Hall–Kier alpha value is -4.01. The predicted molar refractivity (Wildman–Crippen MR) is 146 cm³/mol. The molecule has 0 spiro atoms. The summed E-state index contributed by atoms with van der Waals surface area (Å²) in [5.41, 5.74) is 0.824. The highest BCUT2D eigenvalue weighted by Crippen LogP contribution is 2.46. The van der Waals surface area contributed by atoms with Crippen molar-refractivity contribution < 1.29 is 24.2 Å². The molecule has 2 aliphatic heterocycles. The Morgan fingerprint density at radius 2 is 1.59 bits per heavy atom. The maximum absolute atomic E-state index is 14.2. The third-order valence-electron chi connectivity index (χ3n) is 7.46. The predicted octanol–water partition coefficient (Wildman–Crippen LogP) is 4.25. The van der Waals surface area contributed by atoms with Gasteiger partial charge in [0.05, 0.1) is 6.04 Å². The molecule has 3 aromatic carbocycles. The molecule has 2 N–H and O–H groups in total. The summed E-state index contributed by atoms with van der Waals surface area (Å²) in [7, 11) is 0. The number of carboxylic acid groups (broad SMARTS) is 1. The molecule has 2 saturated heterocycles. The minimum absolute atomic E-state index is 0.148. The fraction of sp³-hybridized carbons (Fsp3) is 0.323. The van der Waals surface area contributed by atoms with Gasteiger partial charge in [-0.3, -0.25) is 14.5 Å². The van der Waals surface area contributed by atoms with Gasteiger partial charge < -0.3 is 15.2 Å². The highest BCUT2D eigenvalue weighted by molar-refractivity contribution is 6.01. The monoisotopic (exact) mass is 527 g/mol. The summed E-state index contributed by atoms with van der Waals surface area (Å²) < 4.78 is 6.25. The van der Waals surface area contributed by atoms with Gasteiger partial charge in [0, 0.05) is 41.9 Å². The van der Waals surface area contributed by atoms with Crippen LogP contribution < -0.4 is 5.32 Å². The summed E-state index contributed by atoms with van der Waals surface area (Å²) in [5.74, 6) is -0.551. The van der Waals surface area contributed by atoms with Crippen LogP contribution in [0.4, 0.5) is 4.79 Å². The van der Waals surface area contributed by atoms with Crippen LogP contribution in [-0.2, 0) is 21.8 Å². The molecule has 2 heterocycles. The van der Waals surface area contributed by atoms with Crippen LogP contribution in [0.1, 0.15) is 47.8 Å². The number of nitrogens with one attached hydrogen (secondary N) is 1. The van der Waals surface area contributed by atoms with Crippen LogP contribution in [-0.4, -0.2) is 63.5 Å². The summed E-state index contributed by atoms with van der Waals surface area (Å²) in [4.78, 5) is 42.7. The van der Waals surface area contributed by atoms with Gasteiger partial charge in [0.25, 0.3) is 0 Å². The van der Waals surface area contributed by atoms with Crippen LogP contribution in [0.15, 0.2) is 84.9 Å². The van der Waals surface area contributed by atoms with Gasteiger partial charge in [-0.15, -0.1) is 0 Å². The van der Waals surface area contributed by atoms with Crippen molar-refractivity contribution >= 4 is 17.8 Å². The number of hydrogen-bond acceptors (Lipinski definition) is 6. The molecule has 2 atom stereocenters. The van der Waals surface area contributed by atoms with Gasteiger partial charge >= 0.3 is 12.1 Å². The molecule has 0 aromatic heterocycles. The van der Waals surface area contributed by atoms with Crippen molar-refractivity contribution in [1.29, 1.82) is 0 Å². The second-order valence-corrected chi connectivity index (χ2v) is 11.0. The molecule has 1 amide bonds. The van der Waals surface area contributed by atoms with E-state index >= 15 is 0 Å². The Balaban J connectivity index is 1.56. The number of carbonyl (C=O) groups excluding carboxylic acids is 2. The second-order valence-electron chi connectivity index (χ2n) is 11.0. The molecule has 39 heavy (non-hydrogen) atoms. The highest BCUT2D eigenvalue weighted by Gasteiger charge is 2.60. The number of cyclic esters (lactones) is 1. The quantitative estimate of drug-likeness (QED) is 0.365. The summed E-state index contributed by atoms with van der Waals surface area (Å²) in [6.07, 6.45) is -1.03. The minimum Gasteiger partial charge on any atom is -0.465 e. The number of nitrogens with zero attached hydrogens (tertiary/aromatic N) is 2. The molecule has 8 nitrogen and oxygen atoms in total. The van der Waals surface area contributed by atoms with E-state index in [1.807, 2.05) is 92.4 Å². The fourth-order valence-electron chi connectivity index (χ4n) is 5.59. The molecular weight excluding hydrogens is 494 g/mol. The molecule has 0 saturated carbocycles. The van der Waals surface area contributed by atoms with E-state index in [4.69, 9.17) is 4.74 Å². The number of rotatable bonds is 6. The van der Waals surface area contributed by atoms with Gasteiger partial charge in [0.1, 0.15) is 6.04 Å². The Labute approximate surface area is 228 Å². The zero-order valence-electron chi connectivity index (χ0n) is 22.3. The van der Waals surface area contributed by atoms with Crippen LogP contribution >= 0.6 is 0 Å². The van der Waals surface area contributed by atoms with Crippen LogP contribution in [0, 0.1) is 0 Å². The van der Waals surface area contributed by atoms with E-state index in [1.165, 1.54) is 4.90 Å². The molecule has 202 valence electrons. The average Bonchev–Trinajstić information content (AvgIpc) is 3.25. The van der Waals surface area contributed by atoms with Gasteiger partial charge in [0.15, 0.2) is 5.78 Å². The standard InChI is InChI=1S/C31H33N3O5/c1-30(2,3)33(29(37)38)20-21-11-10-12-22(17-21)27(35)25-18-32-19-26-28(36)39-31(34(25)26,23-13-6-4-7-14-23)24-15-8-5-9-16-24/h4-17,25-26,32H,18-20H2,1-3H3,(H,37,38). The first-order valence-corrected chi connectivity index (χ1v) is 13.1. The van der Waals surface area contributed by atoms with E-state index in [2.05, 4.69) is 5.32 Å². The number of Topliss-reactive ketones (excluding diaryl/α,β-unsaturated/α-hetero) is 1. The lowest BCUT2D eigenvalue weighted by Crippen LogP contribution is -2.64. The van der Waals surface area contributed by atoms with Crippen molar-refractivity contribution in [3.05, 3.63) is 107 Å². The van der Waals surface area contributed by atoms with Crippen molar-refractivity contribution in [1.82, 2.24) is 15.1 Å². The Morgan fingerprint density at radius 1 is 0.974 bits per heavy atom. The third kappa shape index (κ3) is 4.82. The van der Waals surface area contributed by atoms with Crippen molar-refractivity contribution in [3.8, 4) is 0 Å². The number of carbonyl (C=O) groups is 3. The van der Waals surface area contributed by atoms with E-state index in [0.29, 0.717) is 24.2 Å². The fourth-order valence-corrected chi connectivity index (χ4v) is 5.59. The number of ether oxygens (including phenoxy) is 1. The lowest BCUT2D eigenvalue weighted by molar-refractivity contribution is -0.150. The Kier molecular flexibility index (Phi) is 7.01. The smallest absolute Gasteiger partial charge is 0.408 e. The van der Waals surface area contributed by atoms with E-state index in [-0.39, 0.29) is 18.3 Å². The minimum atomic E-state index is -1.27. The second kappa shape index (κ2) is 10.3. The van der Waals surface area contributed by atoms with E-state index in [1.54, 1.807) is 18.2 Å². The zero-order chi connectivity index (χ0) is 27.8. The third-order valence-corrected chi connectivity index (χ3v) is 7.46. The van der Waals surface area contributed by atoms with Crippen molar-refractivity contribution in [2.45, 2.75) is 50.7 Å². The lowest BCUT2D eigenvalue weighted by Gasteiger charge is -2.44. The lowest BCUT2D eigenvalue weighted by atomic mass is 9.88. The summed E-state index contributed by atoms with van der Waals surface area (Å²) in [5, 5.41) is 13.0. The Bertz CT molecular complexity index is 1330. The van der Waals surface area contributed by atoms with Crippen molar-refractivity contribution in [2.75, 3.05) is 13.1 Å². The zero-order valence-corrected chi connectivity index (χ0v) is 22.3. The number of benzene rings is 3. The number of hydrogen-bond donors (Lipinski definition) is 2. The number of esters is 1. The topological polar surface area (TPSA) is 99.2 Å². The summed E-state index contributed by atoms with van der Waals surface area (Å²) in [6.45, 7) is 6.35. The maximum Gasteiger partial charge on any atom is 0.408 e. The van der Waals surface area contributed by atoms with Crippen LogP contribution in [0.5, 0.6) is 0 Å². The largest absolute Gasteiger partial charge is 0.465 e. The highest BCUT2D eigenvalue weighted by atomic mass is 16.6. The molecule has 2 aliphatic rings. The molecule has 0 bridgehead atoms. The SMILES string of the molecule is CC(C)(C)N(Cc1cccc(C(=O)C2CNCC3C(=O)OC(c4ccccc4)(c4ccccc4)N32)c1)C(=O)O. The van der Waals surface area contributed by atoms with Gasteiger partial charge in [-0.1, -0.05) is 78.9 Å². The van der Waals surface area contributed by atoms with Crippen molar-refractivity contribution in [3.63, 3.8) is 0 Å². The van der Waals surface area contributed by atoms with E-state index in [9.17, 15) is 19.5 Å². The first-order chi connectivity index (χ1) is 18.6. The first-order valence-electron chi connectivity index (χ1n) is 13.1. The summed E-state index contributed by atoms with van der Waals surface area (Å²) in [6, 6.07) is 24.8. The van der Waals surface area contributed by atoms with Crippen LogP contribution in [0.25, 0.3) is 0 Å². The number of fused-ring (bicyclic) bond motifs is 1. The molecule has 5 rings (SSSR count). The molecule has 3 aromatic rings. The summed E-state index contributed by atoms with van der Waals surface area (Å²) >= 11 is 0. The van der Waals surface area contributed by atoms with Gasteiger partial charge in [-0.25, -0.2) is 9.69 Å². The van der Waals surface area contributed by atoms with E-state index < -0.39 is 29.4 Å². The van der Waals surface area contributed by atoms with Gasteiger partial charge in [-0.05, 0) is 32.4 Å². The number of piperazine rings is 1. The molecule has 2 fully saturated rings. The average molecular weight is 528 g/mol. The Morgan fingerprint density at radius 3 is 2.15 bits per heavy atom. The van der Waals surface area contributed by atoms with Crippen molar-refractivity contribution in [2.24, 2.45) is 0 Å².